The molecule has 3 atom stereocenters. The van der Waals surface area contributed by atoms with Gasteiger partial charge in [-0.25, -0.2) is 18.7 Å². The number of hydrogen-bond acceptors (Lipinski definition) is 7. The van der Waals surface area contributed by atoms with Crippen LogP contribution in [-0.2, 0) is 16.6 Å². The molecule has 0 radical (unpaired) electrons. The Labute approximate surface area is 207 Å². The Morgan fingerprint density at radius 2 is 1.91 bits per heavy atom. The van der Waals surface area contributed by atoms with Crippen molar-refractivity contribution < 1.29 is 17.2 Å². The monoisotopic (exact) mass is 519 g/mol. The zero-order chi connectivity index (χ0) is 24.7. The van der Waals surface area contributed by atoms with Crippen molar-refractivity contribution in [3.63, 3.8) is 0 Å². The van der Waals surface area contributed by atoms with Gasteiger partial charge in [0.15, 0.2) is 10.8 Å². The van der Waals surface area contributed by atoms with E-state index in [1.54, 1.807) is 23.2 Å². The Kier molecular flexibility index (Phi) is 6.49. The van der Waals surface area contributed by atoms with Crippen molar-refractivity contribution in [3.8, 4) is 0 Å². The number of halogens is 2. The SMILES string of the molecule is Cc1cc(S(=O)(=O)Nc2cscn2)ncc1N(C)C1C[C@H]2CC[C@@H](C1)N2Cc1cc(F)ccc1F. The number of thiazole rings is 1. The molecule has 2 aliphatic heterocycles. The molecule has 0 spiro atoms. The van der Waals surface area contributed by atoms with Crippen molar-refractivity contribution in [2.75, 3.05) is 16.7 Å². The van der Waals surface area contributed by atoms with Gasteiger partial charge in [-0.1, -0.05) is 0 Å². The average Bonchev–Trinajstić information content (AvgIpc) is 3.39. The second kappa shape index (κ2) is 9.44. The molecule has 186 valence electrons. The number of nitrogens with zero attached hydrogens (tertiary/aromatic N) is 4. The minimum Gasteiger partial charge on any atom is -0.370 e. The number of piperidine rings is 1. The Balaban J connectivity index is 1.29. The molecule has 1 N–H and O–H groups in total. The molecule has 0 amide bonds. The predicted octanol–water partition coefficient (Wildman–Crippen LogP) is 4.56. The number of aryl methyl sites for hydroxylation is 1. The third kappa shape index (κ3) is 4.89. The van der Waals surface area contributed by atoms with Crippen LogP contribution in [0.5, 0.6) is 0 Å². The Morgan fingerprint density at radius 1 is 1.17 bits per heavy atom. The lowest BCUT2D eigenvalue weighted by Crippen LogP contribution is -2.49. The standard InChI is InChI=1S/C24H27F2N5O2S2/c1-15-7-24(35(32,33)29-23-13-34-14-28-23)27-11-22(15)30(2)20-9-18-4-5-19(10-20)31(18)12-16-8-17(25)3-6-21(16)26/h3,6-8,11,13-14,18-20,29H,4-5,9-10,12H2,1-2H3/t18-,19+,20?. The zero-order valence-corrected chi connectivity index (χ0v) is 21.1. The van der Waals surface area contributed by atoms with Gasteiger partial charge in [-0.15, -0.1) is 11.3 Å². The van der Waals surface area contributed by atoms with Crippen LogP contribution in [0.15, 0.2) is 46.4 Å². The van der Waals surface area contributed by atoms with Gasteiger partial charge < -0.3 is 4.90 Å². The maximum Gasteiger partial charge on any atom is 0.280 e. The Hall–Kier alpha value is -2.63. The van der Waals surface area contributed by atoms with Crippen LogP contribution in [0.2, 0.25) is 0 Å². The van der Waals surface area contributed by atoms with Crippen molar-refractivity contribution >= 4 is 32.9 Å². The number of hydrogen-bond donors (Lipinski definition) is 1. The molecule has 35 heavy (non-hydrogen) atoms. The molecule has 4 heterocycles. The molecule has 2 aliphatic rings. The quantitative estimate of drug-likeness (QED) is 0.493. The molecule has 0 aliphatic carbocycles. The number of aromatic nitrogens is 2. The molecular formula is C24H27F2N5O2S2. The summed E-state index contributed by atoms with van der Waals surface area (Å²) in [4.78, 5) is 12.7. The highest BCUT2D eigenvalue weighted by Gasteiger charge is 2.42. The van der Waals surface area contributed by atoms with Crippen molar-refractivity contribution in [2.45, 2.75) is 62.3 Å². The third-order valence-corrected chi connectivity index (χ3v) is 8.99. The second-order valence-electron chi connectivity index (χ2n) is 9.32. The molecule has 2 aromatic heterocycles. The first-order valence-corrected chi connectivity index (χ1v) is 13.9. The van der Waals surface area contributed by atoms with Crippen LogP contribution in [0, 0.1) is 18.6 Å². The summed E-state index contributed by atoms with van der Waals surface area (Å²) in [7, 11) is -1.81. The molecule has 0 saturated carbocycles. The number of anilines is 2. The molecule has 2 saturated heterocycles. The van der Waals surface area contributed by atoms with E-state index in [2.05, 4.69) is 24.5 Å². The minimum absolute atomic E-state index is 0.0489. The normalized spacial score (nSPS) is 22.3. The fourth-order valence-corrected chi connectivity index (χ4v) is 6.94. The summed E-state index contributed by atoms with van der Waals surface area (Å²) in [6.45, 7) is 2.29. The topological polar surface area (TPSA) is 78.4 Å². The number of pyridine rings is 1. The fourth-order valence-electron chi connectivity index (χ4n) is 5.37. The van der Waals surface area contributed by atoms with Gasteiger partial charge in [-0.2, -0.15) is 8.42 Å². The van der Waals surface area contributed by atoms with Crippen LogP contribution < -0.4 is 9.62 Å². The lowest BCUT2D eigenvalue weighted by Gasteiger charge is -2.43. The predicted molar refractivity (Wildman–Crippen MR) is 132 cm³/mol. The van der Waals surface area contributed by atoms with E-state index >= 15 is 0 Å². The van der Waals surface area contributed by atoms with Crippen molar-refractivity contribution in [1.82, 2.24) is 14.9 Å². The van der Waals surface area contributed by atoms with Crippen molar-refractivity contribution in [2.24, 2.45) is 0 Å². The average molecular weight is 520 g/mol. The minimum atomic E-state index is -3.82. The molecular weight excluding hydrogens is 492 g/mol. The Morgan fingerprint density at radius 3 is 2.57 bits per heavy atom. The van der Waals surface area contributed by atoms with Gasteiger partial charge in [0.05, 0.1) is 17.4 Å². The molecule has 1 unspecified atom stereocenters. The van der Waals surface area contributed by atoms with E-state index in [4.69, 9.17) is 0 Å². The van der Waals surface area contributed by atoms with E-state index in [1.165, 1.54) is 23.5 Å². The molecule has 5 rings (SSSR count). The van der Waals surface area contributed by atoms with E-state index in [-0.39, 0.29) is 22.7 Å². The first-order valence-electron chi connectivity index (χ1n) is 11.5. The summed E-state index contributed by atoms with van der Waals surface area (Å²) in [6, 6.07) is 6.04. The van der Waals surface area contributed by atoms with Gasteiger partial charge in [-0.3, -0.25) is 9.62 Å². The first kappa shape index (κ1) is 24.1. The van der Waals surface area contributed by atoms with Crippen molar-refractivity contribution in [3.05, 3.63) is 64.1 Å². The van der Waals surface area contributed by atoms with Gasteiger partial charge in [0.25, 0.3) is 10.0 Å². The van der Waals surface area contributed by atoms with E-state index in [0.29, 0.717) is 24.2 Å². The summed E-state index contributed by atoms with van der Waals surface area (Å²) in [6.07, 6.45) is 5.47. The van der Waals surface area contributed by atoms with Gasteiger partial charge >= 0.3 is 0 Å². The lowest BCUT2D eigenvalue weighted by atomic mass is 9.95. The summed E-state index contributed by atoms with van der Waals surface area (Å²) in [5.74, 6) is -0.513. The highest BCUT2D eigenvalue weighted by Crippen LogP contribution is 2.40. The van der Waals surface area contributed by atoms with Gasteiger partial charge in [0.1, 0.15) is 11.6 Å². The van der Waals surface area contributed by atoms with E-state index in [0.717, 1.165) is 43.0 Å². The summed E-state index contributed by atoms with van der Waals surface area (Å²) >= 11 is 1.30. The maximum absolute atomic E-state index is 14.2. The highest BCUT2D eigenvalue weighted by molar-refractivity contribution is 7.92. The van der Waals surface area contributed by atoms with Crippen LogP contribution in [0.25, 0.3) is 0 Å². The van der Waals surface area contributed by atoms with Crippen LogP contribution >= 0.6 is 11.3 Å². The molecule has 3 aromatic rings. The molecule has 7 nitrogen and oxygen atoms in total. The molecule has 11 heteroatoms. The number of rotatable bonds is 7. The van der Waals surface area contributed by atoms with E-state index in [1.807, 2.05) is 14.0 Å². The highest BCUT2D eigenvalue weighted by atomic mass is 32.2. The lowest BCUT2D eigenvalue weighted by molar-refractivity contribution is 0.117. The number of sulfonamides is 1. The number of benzene rings is 1. The fraction of sp³-hybridized carbons (Fsp3) is 0.417. The van der Waals surface area contributed by atoms with Crippen LogP contribution in [0.1, 0.15) is 36.8 Å². The number of nitrogens with one attached hydrogen (secondary N) is 1. The summed E-state index contributed by atoms with van der Waals surface area (Å²) in [5, 5.41) is 1.57. The van der Waals surface area contributed by atoms with Gasteiger partial charge in [0.2, 0.25) is 0 Å². The second-order valence-corrected chi connectivity index (χ2v) is 11.7. The first-order chi connectivity index (χ1) is 16.7. The Bertz CT molecular complexity index is 1310. The molecule has 1 aromatic carbocycles. The zero-order valence-electron chi connectivity index (χ0n) is 19.5. The molecule has 2 fully saturated rings. The maximum atomic E-state index is 14.2. The van der Waals surface area contributed by atoms with E-state index < -0.39 is 15.8 Å². The van der Waals surface area contributed by atoms with Crippen molar-refractivity contribution in [1.29, 1.82) is 0 Å². The molecule has 2 bridgehead atoms. The number of fused-ring (bicyclic) bond motifs is 2. The van der Waals surface area contributed by atoms with Crippen LogP contribution in [0.4, 0.5) is 20.3 Å². The summed E-state index contributed by atoms with van der Waals surface area (Å²) < 4.78 is 55.7. The third-order valence-electron chi connectivity index (χ3n) is 7.15. The summed E-state index contributed by atoms with van der Waals surface area (Å²) in [5.41, 5.74) is 3.66. The smallest absolute Gasteiger partial charge is 0.280 e. The van der Waals surface area contributed by atoms with Gasteiger partial charge in [0, 0.05) is 42.7 Å². The largest absolute Gasteiger partial charge is 0.370 e. The van der Waals surface area contributed by atoms with Crippen LogP contribution in [-0.4, -0.2) is 48.5 Å². The van der Waals surface area contributed by atoms with E-state index in [9.17, 15) is 17.2 Å². The van der Waals surface area contributed by atoms with Gasteiger partial charge in [-0.05, 0) is 62.4 Å². The van der Waals surface area contributed by atoms with Crippen LogP contribution in [0.3, 0.4) is 0 Å².